The lowest BCUT2D eigenvalue weighted by molar-refractivity contribution is -0.129. The van der Waals surface area contributed by atoms with E-state index in [0.717, 1.165) is 18.3 Å². The highest BCUT2D eigenvalue weighted by Crippen LogP contribution is 2.53. The van der Waals surface area contributed by atoms with E-state index in [0.29, 0.717) is 11.8 Å². The van der Waals surface area contributed by atoms with Crippen molar-refractivity contribution in [1.82, 2.24) is 14.9 Å². The number of nitriles is 1. The van der Waals surface area contributed by atoms with E-state index in [9.17, 15) is 27.6 Å². The first-order valence-electron chi connectivity index (χ1n) is 10.8. The van der Waals surface area contributed by atoms with Gasteiger partial charge in [-0.1, -0.05) is 13.0 Å². The summed E-state index contributed by atoms with van der Waals surface area (Å²) in [6.45, 7) is 1.85. The number of hydrogen-bond donors (Lipinski definition) is 1. The number of H-pyrrole nitrogens is 1. The SMILES string of the molecule is CC1CC12N=C(c1cc3ccc(F)c(F)c3[nH]1)N(C(C#N)c1cncc3c(F)c(F)ccc13)C2=O. The highest BCUT2D eigenvalue weighted by molar-refractivity contribution is 6.17. The topological polar surface area (TPSA) is 85.1 Å². The average Bonchev–Trinajstić information content (AvgIpc) is 3.18. The van der Waals surface area contributed by atoms with Crippen LogP contribution in [0.25, 0.3) is 21.7 Å². The minimum Gasteiger partial charge on any atom is -0.350 e. The van der Waals surface area contributed by atoms with Crippen molar-refractivity contribution < 1.29 is 22.4 Å². The van der Waals surface area contributed by atoms with E-state index in [1.165, 1.54) is 29.3 Å². The van der Waals surface area contributed by atoms with Gasteiger partial charge in [-0.2, -0.15) is 5.26 Å². The number of amidine groups is 1. The number of rotatable bonds is 3. The third-order valence-electron chi connectivity index (χ3n) is 6.86. The number of amides is 1. The first-order valence-corrected chi connectivity index (χ1v) is 10.8. The minimum absolute atomic E-state index is 0.0847. The number of aromatic amines is 1. The molecule has 1 N–H and O–H groups in total. The van der Waals surface area contributed by atoms with Crippen molar-refractivity contribution in [3.63, 3.8) is 0 Å². The fourth-order valence-corrected chi connectivity index (χ4v) is 4.84. The van der Waals surface area contributed by atoms with Crippen LogP contribution in [0.1, 0.15) is 30.6 Å². The fraction of sp³-hybridized carbons (Fsp3) is 0.200. The number of nitrogens with one attached hydrogen (secondary N) is 1. The zero-order chi connectivity index (χ0) is 24.6. The summed E-state index contributed by atoms with van der Waals surface area (Å²) in [5, 5.41) is 10.6. The van der Waals surface area contributed by atoms with E-state index in [2.05, 4.69) is 21.0 Å². The Balaban J connectivity index is 1.54. The van der Waals surface area contributed by atoms with Crippen molar-refractivity contribution in [1.29, 1.82) is 5.26 Å². The Hall–Kier alpha value is -4.26. The molecular weight excluding hydrogens is 462 g/mol. The standard InChI is InChI=1S/C25H15F4N5O/c1-11-7-25(11)24(35)34(23(33-25)18-6-12-2-4-17(27)21(29)22(12)32-18)19(8-30)14-9-31-10-15-13(14)3-5-16(26)20(15)28/h2-6,9-11,19,32H,7H2,1H3. The Morgan fingerprint density at radius 3 is 2.54 bits per heavy atom. The van der Waals surface area contributed by atoms with E-state index < -0.39 is 40.8 Å². The fourth-order valence-electron chi connectivity index (χ4n) is 4.84. The number of carbonyl (C=O) groups excluding carboxylic acids is 1. The molecule has 1 fully saturated rings. The van der Waals surface area contributed by atoms with Crippen LogP contribution in [0.4, 0.5) is 17.6 Å². The molecule has 0 radical (unpaired) electrons. The molecular formula is C25H15F4N5O. The largest absolute Gasteiger partial charge is 0.350 e. The molecule has 1 spiro atoms. The first kappa shape index (κ1) is 21.3. The van der Waals surface area contributed by atoms with E-state index in [1.54, 1.807) is 0 Å². The van der Waals surface area contributed by atoms with Crippen LogP contribution >= 0.6 is 0 Å². The summed E-state index contributed by atoms with van der Waals surface area (Å²) in [6, 6.07) is 6.95. The lowest BCUT2D eigenvalue weighted by Gasteiger charge is -2.25. The van der Waals surface area contributed by atoms with Crippen LogP contribution in [0.5, 0.6) is 0 Å². The smallest absolute Gasteiger partial charge is 0.257 e. The Kier molecular flexibility index (Phi) is 4.33. The third kappa shape index (κ3) is 2.84. The molecule has 4 aromatic rings. The molecule has 1 aliphatic carbocycles. The number of fused-ring (bicyclic) bond motifs is 2. The maximum atomic E-state index is 14.4. The van der Waals surface area contributed by atoms with Gasteiger partial charge in [-0.15, -0.1) is 0 Å². The second kappa shape index (κ2) is 7.12. The van der Waals surface area contributed by atoms with Gasteiger partial charge in [-0.3, -0.25) is 14.7 Å². The summed E-state index contributed by atoms with van der Waals surface area (Å²) in [6.07, 6.45) is 2.92. The monoisotopic (exact) mass is 477 g/mol. The summed E-state index contributed by atoms with van der Waals surface area (Å²) in [5.41, 5.74) is -0.762. The summed E-state index contributed by atoms with van der Waals surface area (Å²) < 4.78 is 56.4. The predicted molar refractivity (Wildman–Crippen MR) is 118 cm³/mol. The summed E-state index contributed by atoms with van der Waals surface area (Å²) in [7, 11) is 0. The van der Waals surface area contributed by atoms with Gasteiger partial charge in [-0.05, 0) is 42.0 Å². The van der Waals surface area contributed by atoms with Crippen LogP contribution in [0, 0.1) is 40.5 Å². The Labute approximate surface area is 195 Å². The van der Waals surface area contributed by atoms with Gasteiger partial charge in [0.2, 0.25) is 0 Å². The van der Waals surface area contributed by atoms with Crippen molar-refractivity contribution in [2.24, 2.45) is 10.9 Å². The molecule has 2 aromatic carbocycles. The van der Waals surface area contributed by atoms with Crippen molar-refractivity contribution in [2.45, 2.75) is 24.9 Å². The van der Waals surface area contributed by atoms with E-state index in [4.69, 9.17) is 0 Å². The van der Waals surface area contributed by atoms with Crippen molar-refractivity contribution in [3.8, 4) is 6.07 Å². The van der Waals surface area contributed by atoms with Gasteiger partial charge in [0, 0.05) is 28.7 Å². The molecule has 2 aromatic heterocycles. The molecule has 3 atom stereocenters. The molecule has 2 aliphatic rings. The molecule has 0 saturated heterocycles. The highest BCUT2D eigenvalue weighted by atomic mass is 19.2. The summed E-state index contributed by atoms with van der Waals surface area (Å²) in [5.74, 6) is -4.74. The lowest BCUT2D eigenvalue weighted by Crippen LogP contribution is -2.39. The molecule has 1 amide bonds. The third-order valence-corrected chi connectivity index (χ3v) is 6.86. The van der Waals surface area contributed by atoms with Gasteiger partial charge in [0.05, 0.1) is 17.3 Å². The minimum atomic E-state index is -1.29. The van der Waals surface area contributed by atoms with Crippen LogP contribution in [0.3, 0.4) is 0 Å². The normalized spacial score (nSPS) is 22.2. The number of benzene rings is 2. The van der Waals surface area contributed by atoms with Crippen LogP contribution in [0.2, 0.25) is 0 Å². The Morgan fingerprint density at radius 1 is 1.11 bits per heavy atom. The van der Waals surface area contributed by atoms with Crippen LogP contribution in [0.15, 0.2) is 47.7 Å². The average molecular weight is 477 g/mol. The zero-order valence-electron chi connectivity index (χ0n) is 18.1. The molecule has 3 heterocycles. The van der Waals surface area contributed by atoms with Gasteiger partial charge in [0.1, 0.15) is 5.54 Å². The zero-order valence-corrected chi connectivity index (χ0v) is 18.1. The van der Waals surface area contributed by atoms with Crippen LogP contribution in [-0.4, -0.2) is 32.1 Å². The van der Waals surface area contributed by atoms with Gasteiger partial charge >= 0.3 is 0 Å². The van der Waals surface area contributed by atoms with E-state index in [-0.39, 0.29) is 39.3 Å². The molecule has 10 heteroatoms. The van der Waals surface area contributed by atoms with E-state index in [1.807, 2.05) is 6.92 Å². The van der Waals surface area contributed by atoms with Crippen molar-refractivity contribution in [3.05, 3.63) is 77.3 Å². The number of carbonyl (C=O) groups is 1. The number of halogens is 4. The molecule has 1 aliphatic heterocycles. The quantitative estimate of drug-likeness (QED) is 0.426. The lowest BCUT2D eigenvalue weighted by atomic mass is 10.00. The number of nitrogens with zero attached hydrogens (tertiary/aromatic N) is 4. The maximum absolute atomic E-state index is 14.4. The highest BCUT2D eigenvalue weighted by Gasteiger charge is 2.64. The van der Waals surface area contributed by atoms with Gasteiger partial charge < -0.3 is 4.98 Å². The van der Waals surface area contributed by atoms with Gasteiger partial charge in [-0.25, -0.2) is 22.6 Å². The molecule has 0 bridgehead atoms. The maximum Gasteiger partial charge on any atom is 0.257 e. The van der Waals surface area contributed by atoms with Gasteiger partial charge in [0.15, 0.2) is 35.1 Å². The van der Waals surface area contributed by atoms with E-state index >= 15 is 0 Å². The number of hydrogen-bond acceptors (Lipinski definition) is 4. The number of aromatic nitrogens is 2. The van der Waals surface area contributed by atoms with Gasteiger partial charge in [0.25, 0.3) is 5.91 Å². The van der Waals surface area contributed by atoms with Crippen molar-refractivity contribution in [2.75, 3.05) is 0 Å². The second-order valence-electron chi connectivity index (χ2n) is 8.87. The predicted octanol–water partition coefficient (Wildman–Crippen LogP) is 4.90. The number of pyridine rings is 1. The molecule has 35 heavy (non-hydrogen) atoms. The first-order chi connectivity index (χ1) is 16.8. The molecule has 1 saturated carbocycles. The summed E-state index contributed by atoms with van der Waals surface area (Å²) >= 11 is 0. The molecule has 6 nitrogen and oxygen atoms in total. The van der Waals surface area contributed by atoms with Crippen LogP contribution in [-0.2, 0) is 4.79 Å². The molecule has 3 unspecified atom stereocenters. The molecule has 174 valence electrons. The second-order valence-corrected chi connectivity index (χ2v) is 8.87. The Bertz CT molecular complexity index is 1660. The van der Waals surface area contributed by atoms with Crippen molar-refractivity contribution >= 4 is 33.4 Å². The van der Waals surface area contributed by atoms with Crippen LogP contribution < -0.4 is 0 Å². The number of aliphatic imine (C=N–C) groups is 1. The summed E-state index contributed by atoms with van der Waals surface area (Å²) in [4.78, 5) is 26.2. The molecule has 6 rings (SSSR count). The Morgan fingerprint density at radius 2 is 1.83 bits per heavy atom.